The fraction of sp³-hybridized carbons (Fsp3) is 0.375. The first-order chi connectivity index (χ1) is 10.5. The van der Waals surface area contributed by atoms with Crippen molar-refractivity contribution in [3.8, 4) is 5.69 Å². The minimum absolute atomic E-state index is 0.0275. The molecule has 1 aromatic heterocycles. The number of hydrogen-bond acceptors (Lipinski definition) is 3. The molecule has 2 aromatic rings. The fourth-order valence-corrected chi connectivity index (χ4v) is 2.95. The van der Waals surface area contributed by atoms with Crippen molar-refractivity contribution in [1.29, 1.82) is 0 Å². The van der Waals surface area contributed by atoms with Crippen molar-refractivity contribution >= 4 is 17.5 Å². The lowest BCUT2D eigenvalue weighted by Gasteiger charge is -2.35. The molecule has 0 spiro atoms. The van der Waals surface area contributed by atoms with E-state index in [1.165, 1.54) is 0 Å². The highest BCUT2D eigenvalue weighted by Gasteiger charge is 2.27. The van der Waals surface area contributed by atoms with Crippen LogP contribution in [0.3, 0.4) is 0 Å². The lowest BCUT2D eigenvalue weighted by molar-refractivity contribution is -0.0586. The third-order valence-corrected chi connectivity index (χ3v) is 3.96. The zero-order valence-electron chi connectivity index (χ0n) is 12.6. The van der Waals surface area contributed by atoms with E-state index in [0.717, 1.165) is 5.69 Å². The van der Waals surface area contributed by atoms with E-state index in [1.807, 2.05) is 36.9 Å². The van der Waals surface area contributed by atoms with Crippen LogP contribution in [0.5, 0.6) is 0 Å². The van der Waals surface area contributed by atoms with Crippen molar-refractivity contribution in [3.63, 3.8) is 0 Å². The zero-order valence-corrected chi connectivity index (χ0v) is 13.3. The molecule has 2 heterocycles. The quantitative estimate of drug-likeness (QED) is 0.855. The van der Waals surface area contributed by atoms with Gasteiger partial charge in [0.1, 0.15) is 0 Å². The highest BCUT2D eigenvalue weighted by molar-refractivity contribution is 6.32. The Morgan fingerprint density at radius 1 is 1.27 bits per heavy atom. The molecule has 116 valence electrons. The molecular formula is C16H18ClN3O2. The van der Waals surface area contributed by atoms with E-state index >= 15 is 0 Å². The maximum atomic E-state index is 12.6. The maximum absolute atomic E-state index is 12.6. The van der Waals surface area contributed by atoms with Crippen LogP contribution in [0, 0.1) is 0 Å². The topological polar surface area (TPSA) is 47.4 Å². The molecule has 2 atom stereocenters. The van der Waals surface area contributed by atoms with Gasteiger partial charge in [-0.1, -0.05) is 23.7 Å². The number of ether oxygens (including phenoxy) is 1. The number of benzene rings is 1. The van der Waals surface area contributed by atoms with Crippen LogP contribution < -0.4 is 0 Å². The summed E-state index contributed by atoms with van der Waals surface area (Å²) < 4.78 is 7.29. The van der Waals surface area contributed by atoms with Crippen molar-refractivity contribution in [1.82, 2.24) is 14.7 Å². The Balaban J connectivity index is 1.82. The molecule has 0 saturated carbocycles. The van der Waals surface area contributed by atoms with Crippen molar-refractivity contribution < 1.29 is 9.53 Å². The number of aromatic nitrogens is 2. The number of amides is 1. The van der Waals surface area contributed by atoms with Crippen LogP contribution in [-0.4, -0.2) is 45.9 Å². The van der Waals surface area contributed by atoms with Crippen LogP contribution >= 0.6 is 11.6 Å². The zero-order chi connectivity index (χ0) is 15.7. The summed E-state index contributed by atoms with van der Waals surface area (Å²) in [5, 5.41) is 4.85. The number of rotatable bonds is 2. The molecule has 5 nitrogen and oxygen atoms in total. The average molecular weight is 320 g/mol. The van der Waals surface area contributed by atoms with E-state index in [1.54, 1.807) is 23.1 Å². The number of para-hydroxylation sites is 1. The molecule has 1 fully saturated rings. The van der Waals surface area contributed by atoms with E-state index in [2.05, 4.69) is 5.10 Å². The summed E-state index contributed by atoms with van der Waals surface area (Å²) in [6.07, 6.45) is 3.39. The molecule has 6 heteroatoms. The second-order valence-electron chi connectivity index (χ2n) is 5.59. The number of nitrogens with zero attached hydrogens (tertiary/aromatic N) is 3. The van der Waals surface area contributed by atoms with Gasteiger partial charge in [-0.05, 0) is 26.0 Å². The third kappa shape index (κ3) is 3.00. The van der Waals surface area contributed by atoms with Gasteiger partial charge in [0, 0.05) is 19.3 Å². The largest absolute Gasteiger partial charge is 0.372 e. The van der Waals surface area contributed by atoms with Crippen LogP contribution in [0.4, 0.5) is 0 Å². The lowest BCUT2D eigenvalue weighted by Crippen LogP contribution is -2.48. The van der Waals surface area contributed by atoms with E-state index in [9.17, 15) is 4.79 Å². The molecule has 0 N–H and O–H groups in total. The Morgan fingerprint density at radius 2 is 1.95 bits per heavy atom. The number of morpholine rings is 1. The predicted octanol–water partition coefficient (Wildman–Crippen LogP) is 2.78. The normalized spacial score (nSPS) is 21.9. The summed E-state index contributed by atoms with van der Waals surface area (Å²) in [5.41, 5.74) is 1.31. The molecule has 1 amide bonds. The first-order valence-corrected chi connectivity index (χ1v) is 7.66. The molecule has 0 unspecified atom stereocenters. The lowest BCUT2D eigenvalue weighted by atomic mass is 10.2. The van der Waals surface area contributed by atoms with Crippen LogP contribution in [0.25, 0.3) is 5.69 Å². The van der Waals surface area contributed by atoms with Crippen LogP contribution in [-0.2, 0) is 4.74 Å². The van der Waals surface area contributed by atoms with Gasteiger partial charge < -0.3 is 9.64 Å². The molecule has 1 saturated heterocycles. The Morgan fingerprint density at radius 3 is 2.64 bits per heavy atom. The summed E-state index contributed by atoms with van der Waals surface area (Å²) in [4.78, 5) is 14.4. The average Bonchev–Trinajstić information content (AvgIpc) is 2.95. The number of halogens is 1. The Hall–Kier alpha value is -1.85. The second kappa shape index (κ2) is 6.10. The molecule has 1 aromatic carbocycles. The molecule has 0 bridgehead atoms. The van der Waals surface area contributed by atoms with Gasteiger partial charge in [-0.15, -0.1) is 0 Å². The first kappa shape index (κ1) is 15.1. The van der Waals surface area contributed by atoms with Gasteiger partial charge in [-0.3, -0.25) is 4.79 Å². The highest BCUT2D eigenvalue weighted by Crippen LogP contribution is 2.20. The smallest absolute Gasteiger partial charge is 0.257 e. The number of carbonyl (C=O) groups excluding carboxylic acids is 1. The summed E-state index contributed by atoms with van der Waals surface area (Å²) in [7, 11) is 0. The van der Waals surface area contributed by atoms with E-state index in [4.69, 9.17) is 16.3 Å². The summed E-state index contributed by atoms with van der Waals surface area (Å²) in [6, 6.07) is 7.40. The molecule has 1 aliphatic heterocycles. The SMILES string of the molecule is C[C@@H]1CN(C(=O)c2cnn(-c3ccccc3Cl)c2)C[C@H](C)O1. The number of carbonyl (C=O) groups is 1. The molecule has 3 rings (SSSR count). The van der Waals surface area contributed by atoms with Crippen molar-refractivity contribution in [2.75, 3.05) is 13.1 Å². The van der Waals surface area contributed by atoms with Gasteiger partial charge in [0.15, 0.2) is 0 Å². The van der Waals surface area contributed by atoms with Gasteiger partial charge in [0.25, 0.3) is 5.91 Å². The summed E-state index contributed by atoms with van der Waals surface area (Å²) in [6.45, 7) is 5.15. The fourth-order valence-electron chi connectivity index (χ4n) is 2.73. The highest BCUT2D eigenvalue weighted by atomic mass is 35.5. The van der Waals surface area contributed by atoms with Gasteiger partial charge in [-0.2, -0.15) is 5.10 Å². The van der Waals surface area contributed by atoms with E-state index in [0.29, 0.717) is 23.7 Å². The minimum Gasteiger partial charge on any atom is -0.372 e. The van der Waals surface area contributed by atoms with Crippen LogP contribution in [0.1, 0.15) is 24.2 Å². The van der Waals surface area contributed by atoms with Gasteiger partial charge in [0.2, 0.25) is 0 Å². The standard InChI is InChI=1S/C16H18ClN3O2/c1-11-8-19(9-12(2)22-11)16(21)13-7-18-20(10-13)15-6-4-3-5-14(15)17/h3-7,10-12H,8-9H2,1-2H3/t11-,12+. The second-order valence-corrected chi connectivity index (χ2v) is 6.00. The Labute approximate surface area is 134 Å². The Kier molecular flexibility index (Phi) is 4.18. The van der Waals surface area contributed by atoms with Crippen LogP contribution in [0.15, 0.2) is 36.7 Å². The molecular weight excluding hydrogens is 302 g/mol. The molecule has 0 aliphatic carbocycles. The van der Waals surface area contributed by atoms with Gasteiger partial charge >= 0.3 is 0 Å². The van der Waals surface area contributed by atoms with Gasteiger partial charge in [0.05, 0.1) is 34.7 Å². The summed E-state index contributed by atoms with van der Waals surface area (Å²) in [5.74, 6) is -0.0275. The van der Waals surface area contributed by atoms with Crippen LogP contribution in [0.2, 0.25) is 5.02 Å². The van der Waals surface area contributed by atoms with Crippen molar-refractivity contribution in [3.05, 3.63) is 47.2 Å². The predicted molar refractivity (Wildman–Crippen MR) is 84.5 cm³/mol. The van der Waals surface area contributed by atoms with E-state index < -0.39 is 0 Å². The monoisotopic (exact) mass is 319 g/mol. The molecule has 0 radical (unpaired) electrons. The van der Waals surface area contributed by atoms with E-state index in [-0.39, 0.29) is 18.1 Å². The molecule has 22 heavy (non-hydrogen) atoms. The minimum atomic E-state index is -0.0275. The first-order valence-electron chi connectivity index (χ1n) is 7.29. The van der Waals surface area contributed by atoms with Crippen molar-refractivity contribution in [2.45, 2.75) is 26.1 Å². The maximum Gasteiger partial charge on any atom is 0.257 e. The number of hydrogen-bond donors (Lipinski definition) is 0. The Bertz CT molecular complexity index is 676. The molecule has 1 aliphatic rings. The van der Waals surface area contributed by atoms with Crippen molar-refractivity contribution in [2.24, 2.45) is 0 Å². The summed E-state index contributed by atoms with van der Waals surface area (Å²) >= 11 is 6.16. The third-order valence-electron chi connectivity index (χ3n) is 3.64. The van der Waals surface area contributed by atoms with Gasteiger partial charge in [-0.25, -0.2) is 4.68 Å².